The van der Waals surface area contributed by atoms with Gasteiger partial charge in [0.15, 0.2) is 0 Å². The zero-order chi connectivity index (χ0) is 15.2. The molecule has 0 saturated heterocycles. The first-order valence-corrected chi connectivity index (χ1v) is 7.82. The van der Waals surface area contributed by atoms with Crippen molar-refractivity contribution in [2.24, 2.45) is 11.7 Å². The predicted octanol–water partition coefficient (Wildman–Crippen LogP) is 2.40. The fourth-order valence-electron chi connectivity index (χ4n) is 2.80. The second kappa shape index (κ2) is 7.46. The summed E-state index contributed by atoms with van der Waals surface area (Å²) < 4.78 is 5.86. The van der Waals surface area contributed by atoms with Crippen LogP contribution < -0.4 is 15.8 Å². The molecule has 0 radical (unpaired) electrons. The summed E-state index contributed by atoms with van der Waals surface area (Å²) in [5.41, 5.74) is 7.04. The van der Waals surface area contributed by atoms with Crippen LogP contribution in [0.2, 0.25) is 0 Å². The number of nitrogens with two attached hydrogens (primary N) is 1. The number of para-hydroxylation sites is 1. The van der Waals surface area contributed by atoms with Crippen molar-refractivity contribution in [3.63, 3.8) is 0 Å². The molecule has 1 aromatic rings. The number of ether oxygens (including phenoxy) is 1. The zero-order valence-electron chi connectivity index (χ0n) is 13.0. The second-order valence-electron chi connectivity index (χ2n) is 6.06. The minimum atomic E-state index is -0.0488. The van der Waals surface area contributed by atoms with E-state index in [9.17, 15) is 4.79 Å². The molecule has 0 bridgehead atoms. The van der Waals surface area contributed by atoms with Crippen molar-refractivity contribution in [1.29, 1.82) is 0 Å². The number of rotatable bonds is 5. The van der Waals surface area contributed by atoms with Gasteiger partial charge in [-0.2, -0.15) is 0 Å². The van der Waals surface area contributed by atoms with Crippen molar-refractivity contribution in [3.8, 4) is 5.75 Å². The van der Waals surface area contributed by atoms with Crippen molar-refractivity contribution >= 4 is 5.91 Å². The van der Waals surface area contributed by atoms with Gasteiger partial charge in [-0.15, -0.1) is 0 Å². The fraction of sp³-hybridized carbons (Fsp3) is 0.588. The molecule has 0 heterocycles. The Labute approximate surface area is 127 Å². The van der Waals surface area contributed by atoms with E-state index >= 15 is 0 Å². The highest BCUT2D eigenvalue weighted by Gasteiger charge is 2.25. The quantitative estimate of drug-likeness (QED) is 0.875. The van der Waals surface area contributed by atoms with Gasteiger partial charge < -0.3 is 15.8 Å². The monoisotopic (exact) mass is 290 g/mol. The van der Waals surface area contributed by atoms with Crippen LogP contribution in [-0.4, -0.2) is 24.6 Å². The predicted molar refractivity (Wildman–Crippen MR) is 84.2 cm³/mol. The summed E-state index contributed by atoms with van der Waals surface area (Å²) in [5.74, 6) is 1.06. The number of nitrogens with one attached hydrogen (secondary N) is 1. The number of carbonyl (C=O) groups excluding carboxylic acids is 1. The smallest absolute Gasteiger partial charge is 0.223 e. The Bertz CT molecular complexity index is 476. The third-order valence-corrected chi connectivity index (χ3v) is 4.07. The van der Waals surface area contributed by atoms with Gasteiger partial charge in [0, 0.05) is 12.0 Å². The van der Waals surface area contributed by atoms with Crippen LogP contribution in [0, 0.1) is 12.8 Å². The minimum Gasteiger partial charge on any atom is -0.489 e. The molecule has 0 aromatic heterocycles. The van der Waals surface area contributed by atoms with Crippen LogP contribution in [0.25, 0.3) is 0 Å². The molecule has 4 heteroatoms. The Morgan fingerprint density at radius 1 is 1.43 bits per heavy atom. The molecule has 116 valence electrons. The minimum absolute atomic E-state index is 0.0488. The highest BCUT2D eigenvalue weighted by atomic mass is 16.5. The molecule has 3 N–H and O–H groups in total. The average molecular weight is 290 g/mol. The van der Waals surface area contributed by atoms with Crippen LogP contribution >= 0.6 is 0 Å². The molecule has 1 aromatic carbocycles. The summed E-state index contributed by atoms with van der Waals surface area (Å²) in [5, 5.41) is 2.99. The SMILES string of the molecule is Cc1ccccc1OC(C)CNC(=O)C1CCCC(N)C1. The van der Waals surface area contributed by atoms with E-state index in [2.05, 4.69) is 5.32 Å². The standard InChI is InChI=1S/C17H26N2O2/c1-12-6-3-4-9-16(12)21-13(2)11-19-17(20)14-7-5-8-15(18)10-14/h3-4,6,9,13-15H,5,7-8,10-11,18H2,1-2H3,(H,19,20). The summed E-state index contributed by atoms with van der Waals surface area (Å²) in [4.78, 5) is 12.1. The van der Waals surface area contributed by atoms with E-state index in [4.69, 9.17) is 10.5 Å². The Hall–Kier alpha value is -1.55. The van der Waals surface area contributed by atoms with Crippen LogP contribution in [-0.2, 0) is 4.79 Å². The van der Waals surface area contributed by atoms with Crippen molar-refractivity contribution in [3.05, 3.63) is 29.8 Å². The van der Waals surface area contributed by atoms with Crippen molar-refractivity contribution in [2.45, 2.75) is 51.7 Å². The van der Waals surface area contributed by atoms with Gasteiger partial charge in [-0.3, -0.25) is 4.79 Å². The van der Waals surface area contributed by atoms with Crippen LogP contribution in [0.5, 0.6) is 5.75 Å². The summed E-state index contributed by atoms with van der Waals surface area (Å²) in [6, 6.07) is 8.09. The molecule has 0 spiro atoms. The molecular formula is C17H26N2O2. The Morgan fingerprint density at radius 3 is 2.90 bits per heavy atom. The van der Waals surface area contributed by atoms with E-state index < -0.39 is 0 Å². The van der Waals surface area contributed by atoms with Crippen LogP contribution in [0.15, 0.2) is 24.3 Å². The maximum atomic E-state index is 12.1. The van der Waals surface area contributed by atoms with Gasteiger partial charge in [-0.1, -0.05) is 24.6 Å². The largest absolute Gasteiger partial charge is 0.489 e. The maximum absolute atomic E-state index is 12.1. The van der Waals surface area contributed by atoms with E-state index in [1.807, 2.05) is 38.1 Å². The highest BCUT2D eigenvalue weighted by molar-refractivity contribution is 5.78. The Balaban J connectivity index is 1.77. The molecule has 1 aliphatic carbocycles. The van der Waals surface area contributed by atoms with Gasteiger partial charge in [-0.05, 0) is 44.7 Å². The van der Waals surface area contributed by atoms with E-state index in [1.165, 1.54) is 0 Å². The lowest BCUT2D eigenvalue weighted by Crippen LogP contribution is -2.41. The molecule has 1 amide bonds. The first-order chi connectivity index (χ1) is 10.1. The Morgan fingerprint density at radius 2 is 2.19 bits per heavy atom. The number of carbonyl (C=O) groups is 1. The number of aryl methyl sites for hydroxylation is 1. The van der Waals surface area contributed by atoms with E-state index in [0.29, 0.717) is 6.54 Å². The highest BCUT2D eigenvalue weighted by Crippen LogP contribution is 2.23. The molecule has 2 rings (SSSR count). The lowest BCUT2D eigenvalue weighted by atomic mass is 9.85. The summed E-state index contributed by atoms with van der Waals surface area (Å²) in [7, 11) is 0. The van der Waals surface area contributed by atoms with Gasteiger partial charge in [0.25, 0.3) is 0 Å². The number of hydrogen-bond donors (Lipinski definition) is 2. The Kier molecular flexibility index (Phi) is 5.62. The van der Waals surface area contributed by atoms with E-state index in [-0.39, 0.29) is 24.0 Å². The lowest BCUT2D eigenvalue weighted by Gasteiger charge is -2.26. The van der Waals surface area contributed by atoms with E-state index in [0.717, 1.165) is 37.0 Å². The molecule has 3 unspecified atom stereocenters. The molecule has 21 heavy (non-hydrogen) atoms. The lowest BCUT2D eigenvalue weighted by molar-refractivity contribution is -0.126. The fourth-order valence-corrected chi connectivity index (χ4v) is 2.80. The molecule has 4 nitrogen and oxygen atoms in total. The van der Waals surface area contributed by atoms with Gasteiger partial charge in [0.2, 0.25) is 5.91 Å². The van der Waals surface area contributed by atoms with Crippen LogP contribution in [0.4, 0.5) is 0 Å². The molecular weight excluding hydrogens is 264 g/mol. The molecule has 1 saturated carbocycles. The number of amides is 1. The topological polar surface area (TPSA) is 64.3 Å². The normalized spacial score (nSPS) is 23.4. The van der Waals surface area contributed by atoms with Gasteiger partial charge in [0.1, 0.15) is 11.9 Å². The molecule has 3 atom stereocenters. The zero-order valence-corrected chi connectivity index (χ0v) is 13.0. The third kappa shape index (κ3) is 4.74. The molecule has 0 aliphatic heterocycles. The summed E-state index contributed by atoms with van der Waals surface area (Å²) in [6.45, 7) is 4.52. The first kappa shape index (κ1) is 15.8. The van der Waals surface area contributed by atoms with Gasteiger partial charge in [0.05, 0.1) is 6.54 Å². The number of benzene rings is 1. The van der Waals surface area contributed by atoms with Crippen molar-refractivity contribution < 1.29 is 9.53 Å². The molecule has 1 aliphatic rings. The first-order valence-electron chi connectivity index (χ1n) is 7.82. The number of hydrogen-bond acceptors (Lipinski definition) is 3. The van der Waals surface area contributed by atoms with Crippen molar-refractivity contribution in [2.75, 3.05) is 6.54 Å². The summed E-state index contributed by atoms with van der Waals surface area (Å²) in [6.07, 6.45) is 3.79. The third-order valence-electron chi connectivity index (χ3n) is 4.07. The van der Waals surface area contributed by atoms with Gasteiger partial charge in [-0.25, -0.2) is 0 Å². The van der Waals surface area contributed by atoms with Crippen LogP contribution in [0.3, 0.4) is 0 Å². The maximum Gasteiger partial charge on any atom is 0.223 e. The summed E-state index contributed by atoms with van der Waals surface area (Å²) >= 11 is 0. The molecule has 1 fully saturated rings. The van der Waals surface area contributed by atoms with Gasteiger partial charge >= 0.3 is 0 Å². The average Bonchev–Trinajstić information content (AvgIpc) is 2.47. The van der Waals surface area contributed by atoms with E-state index in [1.54, 1.807) is 0 Å². The van der Waals surface area contributed by atoms with Crippen LogP contribution in [0.1, 0.15) is 38.2 Å². The van der Waals surface area contributed by atoms with Crippen molar-refractivity contribution in [1.82, 2.24) is 5.32 Å². The second-order valence-corrected chi connectivity index (χ2v) is 6.06.